The Morgan fingerprint density at radius 3 is 2.42 bits per heavy atom. The van der Waals surface area contributed by atoms with Crippen LogP contribution in [-0.4, -0.2) is 24.0 Å². The number of nitrogens with one attached hydrogen (secondary N) is 1. The van der Waals surface area contributed by atoms with E-state index in [0.717, 1.165) is 0 Å². The Morgan fingerprint density at radius 1 is 1.21 bits per heavy atom. The van der Waals surface area contributed by atoms with Crippen LogP contribution in [0.15, 0.2) is 49.1 Å². The average Bonchev–Trinajstić information content (AvgIpc) is 2.57. The summed E-state index contributed by atoms with van der Waals surface area (Å²) in [4.78, 5) is 25.2. The lowest BCUT2D eigenvalue weighted by atomic mass is 10.1. The number of anilines is 2. The zero-order valence-electron chi connectivity index (χ0n) is 12.7. The van der Waals surface area contributed by atoms with E-state index < -0.39 is 5.91 Å². The van der Waals surface area contributed by atoms with Crippen molar-refractivity contribution in [2.75, 3.05) is 17.3 Å². The Labute approximate surface area is 149 Å². The molecule has 0 spiro atoms. The zero-order chi connectivity index (χ0) is 17.9. The molecule has 2 N–H and O–H groups in total. The average molecular weight is 365 g/mol. The number of phenolic OH excluding ortho intramolecular Hbond substituents is 1. The molecule has 24 heavy (non-hydrogen) atoms. The molecule has 0 aliphatic carbocycles. The Kier molecular flexibility index (Phi) is 5.49. The molecule has 0 fully saturated rings. The lowest BCUT2D eigenvalue weighted by Crippen LogP contribution is -2.23. The SMILES string of the molecule is C=CC(=O)N(C)c1ccc(C(=O)Nc2cc(Cl)cc(Cl)c2O)cc1. The number of rotatable bonds is 4. The fraction of sp³-hybridized carbons (Fsp3) is 0.0588. The highest BCUT2D eigenvalue weighted by Crippen LogP contribution is 2.35. The summed E-state index contributed by atoms with van der Waals surface area (Å²) < 4.78 is 0. The summed E-state index contributed by atoms with van der Waals surface area (Å²) in [6, 6.07) is 9.13. The van der Waals surface area contributed by atoms with Crippen LogP contribution in [0.4, 0.5) is 11.4 Å². The van der Waals surface area contributed by atoms with Gasteiger partial charge in [0.05, 0.1) is 10.7 Å². The number of benzene rings is 2. The van der Waals surface area contributed by atoms with Crippen LogP contribution >= 0.6 is 23.2 Å². The van der Waals surface area contributed by atoms with Gasteiger partial charge < -0.3 is 15.3 Å². The van der Waals surface area contributed by atoms with Crippen molar-refractivity contribution in [1.82, 2.24) is 0 Å². The van der Waals surface area contributed by atoms with E-state index in [1.165, 1.54) is 23.1 Å². The fourth-order valence-electron chi connectivity index (χ4n) is 1.96. The summed E-state index contributed by atoms with van der Waals surface area (Å²) in [5.41, 5.74) is 1.07. The van der Waals surface area contributed by atoms with Crippen LogP contribution in [0, 0.1) is 0 Å². The molecule has 0 atom stereocenters. The first kappa shape index (κ1) is 17.8. The second-order valence-electron chi connectivity index (χ2n) is 4.89. The van der Waals surface area contributed by atoms with Crippen LogP contribution in [0.2, 0.25) is 10.0 Å². The van der Waals surface area contributed by atoms with Gasteiger partial charge in [0, 0.05) is 23.3 Å². The van der Waals surface area contributed by atoms with Crippen molar-refractivity contribution in [1.29, 1.82) is 0 Å². The summed E-state index contributed by atoms with van der Waals surface area (Å²) >= 11 is 11.7. The second-order valence-corrected chi connectivity index (χ2v) is 5.73. The van der Waals surface area contributed by atoms with Crippen LogP contribution in [0.25, 0.3) is 0 Å². The van der Waals surface area contributed by atoms with Gasteiger partial charge in [0.2, 0.25) is 5.91 Å². The van der Waals surface area contributed by atoms with Crippen molar-refractivity contribution in [3.63, 3.8) is 0 Å². The molecule has 2 aromatic rings. The molecule has 0 aliphatic rings. The number of aromatic hydroxyl groups is 1. The predicted octanol–water partition coefficient (Wildman–Crippen LogP) is 4.10. The maximum absolute atomic E-state index is 12.3. The molecule has 0 radical (unpaired) electrons. The number of hydrogen-bond acceptors (Lipinski definition) is 3. The van der Waals surface area contributed by atoms with Gasteiger partial charge in [-0.3, -0.25) is 9.59 Å². The normalized spacial score (nSPS) is 10.1. The monoisotopic (exact) mass is 364 g/mol. The van der Waals surface area contributed by atoms with Crippen LogP contribution in [0.3, 0.4) is 0 Å². The molecule has 5 nitrogen and oxygen atoms in total. The third kappa shape index (κ3) is 3.88. The lowest BCUT2D eigenvalue weighted by Gasteiger charge is -2.15. The van der Waals surface area contributed by atoms with Gasteiger partial charge in [-0.05, 0) is 42.5 Å². The number of carbonyl (C=O) groups excluding carboxylic acids is 2. The van der Waals surface area contributed by atoms with Crippen molar-refractivity contribution < 1.29 is 14.7 Å². The second kappa shape index (κ2) is 7.38. The maximum Gasteiger partial charge on any atom is 0.255 e. The first-order valence-electron chi connectivity index (χ1n) is 6.83. The molecule has 2 rings (SSSR count). The Balaban J connectivity index is 2.19. The van der Waals surface area contributed by atoms with Crippen LogP contribution in [0.5, 0.6) is 5.75 Å². The van der Waals surface area contributed by atoms with Gasteiger partial charge in [0.25, 0.3) is 5.91 Å². The molecule has 0 aliphatic heterocycles. The molecule has 0 saturated carbocycles. The minimum Gasteiger partial charge on any atom is -0.504 e. The van der Waals surface area contributed by atoms with Gasteiger partial charge in [0.15, 0.2) is 5.75 Å². The first-order valence-corrected chi connectivity index (χ1v) is 7.58. The van der Waals surface area contributed by atoms with E-state index in [1.807, 2.05) is 0 Å². The zero-order valence-corrected chi connectivity index (χ0v) is 14.2. The van der Waals surface area contributed by atoms with E-state index in [9.17, 15) is 14.7 Å². The van der Waals surface area contributed by atoms with Crippen LogP contribution in [-0.2, 0) is 4.79 Å². The summed E-state index contributed by atoms with van der Waals surface area (Å²) in [7, 11) is 1.60. The number of likely N-dealkylation sites (N-methyl/N-ethyl adjacent to an activating group) is 1. The fourth-order valence-corrected chi connectivity index (χ4v) is 2.45. The third-order valence-electron chi connectivity index (χ3n) is 3.30. The number of hydrogen-bond donors (Lipinski definition) is 2. The van der Waals surface area contributed by atoms with Gasteiger partial charge in [-0.2, -0.15) is 0 Å². The van der Waals surface area contributed by atoms with Crippen molar-refractivity contribution >= 4 is 46.4 Å². The van der Waals surface area contributed by atoms with Crippen molar-refractivity contribution in [2.24, 2.45) is 0 Å². The Bertz CT molecular complexity index is 804. The molecule has 0 aromatic heterocycles. The molecular formula is C17H14Cl2N2O3. The molecule has 0 unspecified atom stereocenters. The molecular weight excluding hydrogens is 351 g/mol. The van der Waals surface area contributed by atoms with E-state index >= 15 is 0 Å². The van der Waals surface area contributed by atoms with E-state index in [4.69, 9.17) is 23.2 Å². The van der Waals surface area contributed by atoms with Crippen molar-refractivity contribution in [3.8, 4) is 5.75 Å². The molecule has 2 aromatic carbocycles. The summed E-state index contributed by atoms with van der Waals surface area (Å²) in [6.45, 7) is 3.42. The highest BCUT2D eigenvalue weighted by atomic mass is 35.5. The van der Waals surface area contributed by atoms with Crippen LogP contribution in [0.1, 0.15) is 10.4 Å². The van der Waals surface area contributed by atoms with Gasteiger partial charge in [-0.15, -0.1) is 0 Å². The minimum absolute atomic E-state index is 0.0395. The summed E-state index contributed by atoms with van der Waals surface area (Å²) in [5, 5.41) is 12.7. The topological polar surface area (TPSA) is 69.6 Å². The smallest absolute Gasteiger partial charge is 0.255 e. The van der Waals surface area contributed by atoms with E-state index in [-0.39, 0.29) is 27.4 Å². The first-order chi connectivity index (χ1) is 11.3. The minimum atomic E-state index is -0.451. The van der Waals surface area contributed by atoms with Gasteiger partial charge in [-0.25, -0.2) is 0 Å². The molecule has 2 amide bonds. The predicted molar refractivity (Wildman–Crippen MR) is 96.1 cm³/mol. The molecule has 0 heterocycles. The highest BCUT2D eigenvalue weighted by molar-refractivity contribution is 6.36. The quantitative estimate of drug-likeness (QED) is 0.633. The Hall–Kier alpha value is -2.50. The molecule has 0 bridgehead atoms. The Morgan fingerprint density at radius 2 is 1.83 bits per heavy atom. The van der Waals surface area contributed by atoms with Crippen LogP contribution < -0.4 is 10.2 Å². The summed E-state index contributed by atoms with van der Waals surface area (Å²) in [5.74, 6) is -0.971. The summed E-state index contributed by atoms with van der Waals surface area (Å²) in [6.07, 6.45) is 1.20. The largest absolute Gasteiger partial charge is 0.504 e. The standard InChI is InChI=1S/C17H14Cl2N2O3/c1-3-15(22)21(2)12-6-4-10(5-7-12)17(24)20-14-9-11(18)8-13(19)16(14)23/h3-9,23H,1H2,2H3,(H,20,24). The van der Waals surface area contributed by atoms with Gasteiger partial charge >= 0.3 is 0 Å². The maximum atomic E-state index is 12.3. The van der Waals surface area contributed by atoms with E-state index in [2.05, 4.69) is 11.9 Å². The van der Waals surface area contributed by atoms with Gasteiger partial charge in [-0.1, -0.05) is 29.8 Å². The number of phenols is 1. The van der Waals surface area contributed by atoms with Gasteiger partial charge in [0.1, 0.15) is 0 Å². The lowest BCUT2D eigenvalue weighted by molar-refractivity contribution is -0.113. The molecule has 7 heteroatoms. The number of nitrogens with zero attached hydrogens (tertiary/aromatic N) is 1. The van der Waals surface area contributed by atoms with Crippen molar-refractivity contribution in [3.05, 3.63) is 64.7 Å². The number of amides is 2. The molecule has 0 saturated heterocycles. The third-order valence-corrected chi connectivity index (χ3v) is 3.80. The number of halogens is 2. The van der Waals surface area contributed by atoms with E-state index in [0.29, 0.717) is 11.3 Å². The number of carbonyl (C=O) groups is 2. The van der Waals surface area contributed by atoms with Crippen molar-refractivity contribution in [2.45, 2.75) is 0 Å². The van der Waals surface area contributed by atoms with E-state index in [1.54, 1.807) is 31.3 Å². The molecule has 124 valence electrons. The highest BCUT2D eigenvalue weighted by Gasteiger charge is 2.13.